The summed E-state index contributed by atoms with van der Waals surface area (Å²) in [4.78, 5) is 4.35. The maximum absolute atomic E-state index is 11.5. The fourth-order valence-corrected chi connectivity index (χ4v) is 2.52. The molecule has 128 valence electrons. The van der Waals surface area contributed by atoms with Crippen molar-refractivity contribution in [1.29, 1.82) is 0 Å². The summed E-state index contributed by atoms with van der Waals surface area (Å²) in [5.41, 5.74) is 1.96. The predicted molar refractivity (Wildman–Crippen MR) is 92.4 cm³/mol. The van der Waals surface area contributed by atoms with E-state index in [4.69, 9.17) is 4.52 Å². The fraction of sp³-hybridized carbons (Fsp3) is 0.429. The van der Waals surface area contributed by atoms with Crippen molar-refractivity contribution in [3.8, 4) is 11.5 Å². The number of halogens is 1. The lowest BCUT2D eigenvalue weighted by Gasteiger charge is -2.08. The van der Waals surface area contributed by atoms with Crippen molar-refractivity contribution in [3.63, 3.8) is 0 Å². The first-order valence-corrected chi connectivity index (χ1v) is 8.76. The van der Waals surface area contributed by atoms with Crippen LogP contribution in [-0.2, 0) is 16.4 Å². The molecule has 2 rings (SSSR count). The number of hydrogen-bond donors (Lipinski definition) is 2. The number of sulfonamides is 1. The number of aryl methyl sites for hydroxylation is 1. The number of benzene rings is 1. The molecule has 1 aromatic heterocycles. The summed E-state index contributed by atoms with van der Waals surface area (Å²) in [6, 6.07) is 5.53. The average molecular weight is 361 g/mol. The third kappa shape index (κ3) is 5.49. The Morgan fingerprint density at radius 2 is 2.04 bits per heavy atom. The van der Waals surface area contributed by atoms with Crippen molar-refractivity contribution in [3.05, 3.63) is 29.6 Å². The third-order valence-corrected chi connectivity index (χ3v) is 3.74. The largest absolute Gasteiger partial charge is 0.334 e. The maximum atomic E-state index is 11.5. The normalized spacial score (nSPS) is 12.5. The molecular formula is C14H21ClN4O3S. The Bertz CT molecular complexity index is 761. The molecular weight excluding hydrogens is 340 g/mol. The third-order valence-electron chi connectivity index (χ3n) is 3.15. The molecule has 1 unspecified atom stereocenters. The molecule has 0 radical (unpaired) electrons. The van der Waals surface area contributed by atoms with Crippen molar-refractivity contribution in [2.45, 2.75) is 26.3 Å². The van der Waals surface area contributed by atoms with Gasteiger partial charge in [0, 0.05) is 12.5 Å². The second kappa shape index (κ2) is 7.76. The van der Waals surface area contributed by atoms with Gasteiger partial charge in [-0.3, -0.25) is 4.72 Å². The van der Waals surface area contributed by atoms with Gasteiger partial charge in [0.05, 0.1) is 17.5 Å². The van der Waals surface area contributed by atoms with E-state index >= 15 is 0 Å². The zero-order valence-corrected chi connectivity index (χ0v) is 15.1. The van der Waals surface area contributed by atoms with Crippen LogP contribution in [0.4, 0.5) is 5.69 Å². The molecule has 0 saturated carbocycles. The molecule has 1 heterocycles. The van der Waals surface area contributed by atoms with Crippen LogP contribution in [0.25, 0.3) is 11.5 Å². The van der Waals surface area contributed by atoms with Gasteiger partial charge in [-0.25, -0.2) is 8.42 Å². The minimum atomic E-state index is -3.39. The SMILES string of the molecule is CNC(C)Cc1noc(-c2cc(C)ccc2NS(C)(=O)=O)n1.Cl. The van der Waals surface area contributed by atoms with Crippen molar-refractivity contribution >= 4 is 28.1 Å². The average Bonchev–Trinajstić information content (AvgIpc) is 2.87. The van der Waals surface area contributed by atoms with E-state index in [2.05, 4.69) is 20.2 Å². The molecule has 0 saturated heterocycles. The molecule has 0 aliphatic carbocycles. The Hall–Kier alpha value is -1.64. The van der Waals surface area contributed by atoms with E-state index in [9.17, 15) is 8.42 Å². The first-order chi connectivity index (χ1) is 10.3. The molecule has 1 atom stereocenters. The number of anilines is 1. The number of nitrogens with one attached hydrogen (secondary N) is 2. The van der Waals surface area contributed by atoms with E-state index in [0.29, 0.717) is 29.4 Å². The van der Waals surface area contributed by atoms with Gasteiger partial charge in [0.25, 0.3) is 5.89 Å². The molecule has 0 spiro atoms. The first kappa shape index (κ1) is 19.4. The van der Waals surface area contributed by atoms with Gasteiger partial charge in [-0.05, 0) is 33.0 Å². The molecule has 9 heteroatoms. The van der Waals surface area contributed by atoms with E-state index in [-0.39, 0.29) is 18.4 Å². The second-order valence-corrected chi connectivity index (χ2v) is 7.08. The van der Waals surface area contributed by atoms with Crippen molar-refractivity contribution in [2.75, 3.05) is 18.0 Å². The summed E-state index contributed by atoms with van der Waals surface area (Å²) < 4.78 is 30.7. The Morgan fingerprint density at radius 1 is 1.35 bits per heavy atom. The number of hydrogen-bond acceptors (Lipinski definition) is 6. The highest BCUT2D eigenvalue weighted by Gasteiger charge is 2.16. The second-order valence-electron chi connectivity index (χ2n) is 5.33. The molecule has 2 aromatic rings. The van der Waals surface area contributed by atoms with Gasteiger partial charge < -0.3 is 9.84 Å². The molecule has 0 aliphatic heterocycles. The van der Waals surface area contributed by atoms with E-state index in [1.54, 1.807) is 6.07 Å². The number of likely N-dealkylation sites (N-methyl/N-ethyl adjacent to an activating group) is 1. The van der Waals surface area contributed by atoms with Gasteiger partial charge in [0.2, 0.25) is 10.0 Å². The van der Waals surface area contributed by atoms with Crippen LogP contribution in [0.15, 0.2) is 22.7 Å². The highest BCUT2D eigenvalue weighted by molar-refractivity contribution is 7.92. The fourth-order valence-electron chi connectivity index (χ4n) is 1.95. The molecule has 0 fully saturated rings. The Balaban J connectivity index is 0.00000264. The van der Waals surface area contributed by atoms with Crippen molar-refractivity contribution in [2.24, 2.45) is 0 Å². The zero-order valence-electron chi connectivity index (χ0n) is 13.5. The lowest BCUT2D eigenvalue weighted by Crippen LogP contribution is -2.24. The van der Waals surface area contributed by atoms with E-state index in [1.165, 1.54) is 0 Å². The highest BCUT2D eigenvalue weighted by atomic mass is 35.5. The molecule has 0 bridgehead atoms. The summed E-state index contributed by atoms with van der Waals surface area (Å²) in [5, 5.41) is 7.05. The lowest BCUT2D eigenvalue weighted by molar-refractivity contribution is 0.418. The monoisotopic (exact) mass is 360 g/mol. The molecule has 1 aromatic carbocycles. The Morgan fingerprint density at radius 3 is 2.65 bits per heavy atom. The van der Waals surface area contributed by atoms with E-state index in [1.807, 2.05) is 33.0 Å². The van der Waals surface area contributed by atoms with Gasteiger partial charge >= 0.3 is 0 Å². The smallest absolute Gasteiger partial charge is 0.260 e. The van der Waals surface area contributed by atoms with Crippen LogP contribution in [0.3, 0.4) is 0 Å². The highest BCUT2D eigenvalue weighted by Crippen LogP contribution is 2.28. The predicted octanol–water partition coefficient (Wildman–Crippen LogP) is 1.99. The molecule has 7 nitrogen and oxygen atoms in total. The van der Waals surface area contributed by atoms with Crippen molar-refractivity contribution in [1.82, 2.24) is 15.5 Å². The maximum Gasteiger partial charge on any atom is 0.260 e. The van der Waals surface area contributed by atoms with Crippen molar-refractivity contribution < 1.29 is 12.9 Å². The molecule has 2 N–H and O–H groups in total. The molecule has 23 heavy (non-hydrogen) atoms. The Kier molecular flexibility index (Phi) is 6.55. The summed E-state index contributed by atoms with van der Waals surface area (Å²) >= 11 is 0. The summed E-state index contributed by atoms with van der Waals surface area (Å²) in [7, 11) is -1.53. The van der Waals surface area contributed by atoms with Crippen LogP contribution in [0.5, 0.6) is 0 Å². The quantitative estimate of drug-likeness (QED) is 0.817. The zero-order chi connectivity index (χ0) is 16.3. The van der Waals surface area contributed by atoms with Gasteiger partial charge in [-0.2, -0.15) is 4.98 Å². The van der Waals surface area contributed by atoms with Crippen LogP contribution in [0.1, 0.15) is 18.3 Å². The van der Waals surface area contributed by atoms with Gasteiger partial charge in [-0.1, -0.05) is 16.8 Å². The van der Waals surface area contributed by atoms with E-state index < -0.39 is 10.0 Å². The standard InChI is InChI=1S/C14H20N4O3S.ClH/c1-9-5-6-12(18-22(4,19)20)11(7-9)14-16-13(17-21-14)8-10(2)15-3;/h5-7,10,15,18H,8H2,1-4H3;1H. The lowest BCUT2D eigenvalue weighted by atomic mass is 10.1. The van der Waals surface area contributed by atoms with Gasteiger partial charge in [0.1, 0.15) is 0 Å². The first-order valence-electron chi connectivity index (χ1n) is 6.87. The topological polar surface area (TPSA) is 97.1 Å². The minimum Gasteiger partial charge on any atom is -0.334 e. The van der Waals surface area contributed by atoms with E-state index in [0.717, 1.165) is 11.8 Å². The number of nitrogens with zero attached hydrogens (tertiary/aromatic N) is 2. The van der Waals surface area contributed by atoms with Gasteiger partial charge in [0.15, 0.2) is 5.82 Å². The van der Waals surface area contributed by atoms with Crippen LogP contribution >= 0.6 is 12.4 Å². The van der Waals surface area contributed by atoms with Crippen LogP contribution < -0.4 is 10.0 Å². The molecule has 0 aliphatic rings. The molecule has 0 amide bonds. The number of rotatable bonds is 6. The van der Waals surface area contributed by atoms with Gasteiger partial charge in [-0.15, -0.1) is 12.4 Å². The number of aromatic nitrogens is 2. The summed E-state index contributed by atoms with van der Waals surface area (Å²) in [6.45, 7) is 3.92. The van der Waals surface area contributed by atoms with Crippen LogP contribution in [0, 0.1) is 6.92 Å². The summed E-state index contributed by atoms with van der Waals surface area (Å²) in [5.74, 6) is 0.872. The van der Waals surface area contributed by atoms with Crippen LogP contribution in [-0.4, -0.2) is 37.9 Å². The Labute approximate surface area is 142 Å². The summed E-state index contributed by atoms with van der Waals surface area (Å²) in [6.07, 6.45) is 1.73. The van der Waals surface area contributed by atoms with Crippen LogP contribution in [0.2, 0.25) is 0 Å². The minimum absolute atomic E-state index is 0.